The fourth-order valence-corrected chi connectivity index (χ4v) is 3.38. The summed E-state index contributed by atoms with van der Waals surface area (Å²) in [5.41, 5.74) is 9.01. The van der Waals surface area contributed by atoms with Gasteiger partial charge in [-0.2, -0.15) is 0 Å². The third kappa shape index (κ3) is 4.24. The number of pyridine rings is 1. The minimum Gasteiger partial charge on any atom is -0.495 e. The van der Waals surface area contributed by atoms with Gasteiger partial charge in [0, 0.05) is 24.3 Å². The van der Waals surface area contributed by atoms with Crippen molar-refractivity contribution >= 4 is 11.6 Å². The molecule has 0 saturated carbocycles. The van der Waals surface area contributed by atoms with Crippen molar-refractivity contribution in [3.63, 3.8) is 0 Å². The van der Waals surface area contributed by atoms with Crippen LogP contribution in [0.3, 0.4) is 0 Å². The summed E-state index contributed by atoms with van der Waals surface area (Å²) in [5, 5.41) is 0.467. The zero-order chi connectivity index (χ0) is 17.8. The highest BCUT2D eigenvalue weighted by atomic mass is 35.5. The summed E-state index contributed by atoms with van der Waals surface area (Å²) < 4.78 is 10.7. The average Bonchev–Trinajstić information content (AvgIpc) is 2.64. The SMILES string of the molecule is COc1cc(-c2cc(CN3CCC(N)CC3)ccn2)cc(OC)c1Cl. The van der Waals surface area contributed by atoms with Gasteiger partial charge in [-0.05, 0) is 55.8 Å². The molecule has 2 heterocycles. The van der Waals surface area contributed by atoms with Gasteiger partial charge in [0.1, 0.15) is 16.5 Å². The lowest BCUT2D eigenvalue weighted by Crippen LogP contribution is -2.39. The first-order valence-electron chi connectivity index (χ1n) is 8.45. The maximum atomic E-state index is 6.25. The van der Waals surface area contributed by atoms with Gasteiger partial charge in [0.25, 0.3) is 0 Å². The smallest absolute Gasteiger partial charge is 0.141 e. The summed E-state index contributed by atoms with van der Waals surface area (Å²) in [6, 6.07) is 8.28. The lowest BCUT2D eigenvalue weighted by atomic mass is 10.0. The lowest BCUT2D eigenvalue weighted by Gasteiger charge is -2.30. The average molecular weight is 362 g/mol. The van der Waals surface area contributed by atoms with Crippen LogP contribution in [0.15, 0.2) is 30.5 Å². The fraction of sp³-hybridized carbons (Fsp3) is 0.421. The van der Waals surface area contributed by atoms with Crippen molar-refractivity contribution in [2.45, 2.75) is 25.4 Å². The van der Waals surface area contributed by atoms with E-state index >= 15 is 0 Å². The molecule has 0 radical (unpaired) electrons. The Morgan fingerprint density at radius 2 is 1.80 bits per heavy atom. The quantitative estimate of drug-likeness (QED) is 0.885. The van der Waals surface area contributed by atoms with Crippen LogP contribution < -0.4 is 15.2 Å². The molecule has 0 bridgehead atoms. The second-order valence-electron chi connectivity index (χ2n) is 6.36. The van der Waals surface area contributed by atoms with Crippen molar-refractivity contribution in [3.05, 3.63) is 41.0 Å². The summed E-state index contributed by atoms with van der Waals surface area (Å²) in [7, 11) is 3.19. The molecule has 0 atom stereocenters. The van der Waals surface area contributed by atoms with Crippen molar-refractivity contribution < 1.29 is 9.47 Å². The molecule has 6 heteroatoms. The Morgan fingerprint density at radius 3 is 2.40 bits per heavy atom. The normalized spacial score (nSPS) is 16.0. The van der Waals surface area contributed by atoms with E-state index < -0.39 is 0 Å². The van der Waals surface area contributed by atoms with Gasteiger partial charge in [-0.3, -0.25) is 9.88 Å². The maximum Gasteiger partial charge on any atom is 0.141 e. The molecule has 2 N–H and O–H groups in total. The first kappa shape index (κ1) is 18.0. The van der Waals surface area contributed by atoms with E-state index in [4.69, 9.17) is 26.8 Å². The van der Waals surface area contributed by atoms with Crippen molar-refractivity contribution in [1.82, 2.24) is 9.88 Å². The number of methoxy groups -OCH3 is 2. The van der Waals surface area contributed by atoms with Crippen LogP contribution in [-0.4, -0.2) is 43.2 Å². The zero-order valence-corrected chi connectivity index (χ0v) is 15.4. The van der Waals surface area contributed by atoms with E-state index in [2.05, 4.69) is 22.0 Å². The molecular weight excluding hydrogens is 338 g/mol. The Bertz CT molecular complexity index is 705. The van der Waals surface area contributed by atoms with Crippen LogP contribution in [0.4, 0.5) is 0 Å². The molecule has 2 aromatic rings. The third-order valence-corrected chi connectivity index (χ3v) is 4.98. The largest absolute Gasteiger partial charge is 0.495 e. The number of rotatable bonds is 5. The van der Waals surface area contributed by atoms with Crippen LogP contribution >= 0.6 is 11.6 Å². The minimum absolute atomic E-state index is 0.346. The fourth-order valence-electron chi connectivity index (χ4n) is 3.12. The molecule has 25 heavy (non-hydrogen) atoms. The van der Waals surface area contributed by atoms with Gasteiger partial charge in [0.15, 0.2) is 0 Å². The molecule has 5 nitrogen and oxygen atoms in total. The Balaban J connectivity index is 1.84. The number of hydrogen-bond acceptors (Lipinski definition) is 5. The van der Waals surface area contributed by atoms with Gasteiger partial charge in [0.05, 0.1) is 19.9 Å². The number of benzene rings is 1. The highest BCUT2D eigenvalue weighted by molar-refractivity contribution is 6.33. The van der Waals surface area contributed by atoms with E-state index in [9.17, 15) is 0 Å². The standard InChI is InChI=1S/C19H24ClN3O2/c1-24-17-10-14(11-18(25-2)19(17)20)16-9-13(3-6-22-16)12-23-7-4-15(21)5-8-23/h3,6,9-11,15H,4-5,7-8,12,21H2,1-2H3. The van der Waals surface area contributed by atoms with Crippen molar-refractivity contribution in [2.75, 3.05) is 27.3 Å². The predicted molar refractivity (Wildman–Crippen MR) is 100 cm³/mol. The van der Waals surface area contributed by atoms with Gasteiger partial charge >= 0.3 is 0 Å². The molecular formula is C19H24ClN3O2. The molecule has 1 aliphatic heterocycles. The van der Waals surface area contributed by atoms with Crippen molar-refractivity contribution in [2.24, 2.45) is 5.73 Å². The van der Waals surface area contributed by atoms with Gasteiger partial charge in [-0.25, -0.2) is 0 Å². The van der Waals surface area contributed by atoms with Gasteiger partial charge < -0.3 is 15.2 Å². The Hall–Kier alpha value is -1.82. The molecule has 1 saturated heterocycles. The summed E-state index contributed by atoms with van der Waals surface area (Å²) in [6.45, 7) is 2.99. The van der Waals surface area contributed by atoms with E-state index in [1.165, 1.54) is 5.56 Å². The Kier molecular flexibility index (Phi) is 5.78. The van der Waals surface area contributed by atoms with Crippen LogP contribution in [0.5, 0.6) is 11.5 Å². The first-order valence-corrected chi connectivity index (χ1v) is 8.83. The monoisotopic (exact) mass is 361 g/mol. The van der Waals surface area contributed by atoms with Gasteiger partial charge in [-0.1, -0.05) is 11.6 Å². The zero-order valence-electron chi connectivity index (χ0n) is 14.7. The number of hydrogen-bond donors (Lipinski definition) is 1. The summed E-state index contributed by atoms with van der Waals surface area (Å²) in [4.78, 5) is 6.94. The van der Waals surface area contributed by atoms with Crippen LogP contribution in [0, 0.1) is 0 Å². The first-order chi connectivity index (χ1) is 12.1. The lowest BCUT2D eigenvalue weighted by molar-refractivity contribution is 0.205. The van der Waals surface area contributed by atoms with Crippen LogP contribution in [0.25, 0.3) is 11.3 Å². The highest BCUT2D eigenvalue weighted by Gasteiger charge is 2.17. The van der Waals surface area contributed by atoms with Crippen LogP contribution in [0.1, 0.15) is 18.4 Å². The summed E-state index contributed by atoms with van der Waals surface area (Å²) in [5.74, 6) is 1.15. The molecule has 3 rings (SSSR count). The van der Waals surface area contributed by atoms with Crippen LogP contribution in [-0.2, 0) is 6.54 Å². The molecule has 134 valence electrons. The predicted octanol–water partition coefficient (Wildman–Crippen LogP) is 3.34. The van der Waals surface area contributed by atoms with Crippen molar-refractivity contribution in [3.8, 4) is 22.8 Å². The molecule has 0 aliphatic carbocycles. The minimum atomic E-state index is 0.346. The second kappa shape index (κ2) is 8.04. The number of halogens is 1. The molecule has 0 unspecified atom stereocenters. The molecule has 1 aromatic heterocycles. The Labute approximate surface area is 153 Å². The second-order valence-corrected chi connectivity index (χ2v) is 6.74. The number of nitrogens with zero attached hydrogens (tertiary/aromatic N) is 2. The van der Waals surface area contributed by atoms with E-state index in [1.54, 1.807) is 14.2 Å². The Morgan fingerprint density at radius 1 is 1.16 bits per heavy atom. The van der Waals surface area contributed by atoms with E-state index in [0.717, 1.165) is 43.7 Å². The molecule has 1 aromatic carbocycles. The van der Waals surface area contributed by atoms with E-state index in [0.29, 0.717) is 22.6 Å². The molecule has 1 fully saturated rings. The maximum absolute atomic E-state index is 6.25. The third-order valence-electron chi connectivity index (χ3n) is 4.60. The molecule has 0 amide bonds. The topological polar surface area (TPSA) is 60.6 Å². The number of aromatic nitrogens is 1. The van der Waals surface area contributed by atoms with E-state index in [-0.39, 0.29) is 0 Å². The van der Waals surface area contributed by atoms with Crippen molar-refractivity contribution in [1.29, 1.82) is 0 Å². The molecule has 1 aliphatic rings. The van der Waals surface area contributed by atoms with Gasteiger partial charge in [0.2, 0.25) is 0 Å². The summed E-state index contributed by atoms with van der Waals surface area (Å²) >= 11 is 6.25. The molecule has 0 spiro atoms. The number of likely N-dealkylation sites (tertiary alicyclic amines) is 1. The van der Waals surface area contributed by atoms with Gasteiger partial charge in [-0.15, -0.1) is 0 Å². The number of piperidine rings is 1. The van der Waals surface area contributed by atoms with E-state index in [1.807, 2.05) is 18.3 Å². The summed E-state index contributed by atoms with van der Waals surface area (Å²) in [6.07, 6.45) is 3.96. The highest BCUT2D eigenvalue weighted by Crippen LogP contribution is 2.38. The number of ether oxygens (including phenoxy) is 2. The number of nitrogens with two attached hydrogens (primary N) is 1. The van der Waals surface area contributed by atoms with Crippen LogP contribution in [0.2, 0.25) is 5.02 Å².